The van der Waals surface area contributed by atoms with E-state index in [4.69, 9.17) is 4.74 Å². The summed E-state index contributed by atoms with van der Waals surface area (Å²) >= 11 is 0. The van der Waals surface area contributed by atoms with E-state index in [0.29, 0.717) is 6.04 Å². The highest BCUT2D eigenvalue weighted by Gasteiger charge is 2.50. The Morgan fingerprint density at radius 2 is 1.48 bits per heavy atom. The lowest BCUT2D eigenvalue weighted by Gasteiger charge is -2.45. The minimum absolute atomic E-state index is 0.0907. The van der Waals surface area contributed by atoms with Gasteiger partial charge in [-0.3, -0.25) is 4.90 Å². The SMILES string of the molecule is CC1(C)OC2(CCC(N3CCN(c4ccc(F)cc4)CC3)CC2)c2ccccc21. The van der Waals surface area contributed by atoms with Crippen LogP contribution in [0.1, 0.15) is 50.7 Å². The second kappa shape index (κ2) is 7.10. The van der Waals surface area contributed by atoms with Crippen LogP contribution in [0.3, 0.4) is 0 Å². The molecule has 3 nitrogen and oxygen atoms in total. The van der Waals surface area contributed by atoms with Gasteiger partial charge >= 0.3 is 0 Å². The van der Waals surface area contributed by atoms with Crippen molar-refractivity contribution in [1.29, 1.82) is 0 Å². The van der Waals surface area contributed by atoms with E-state index in [1.165, 1.54) is 24.0 Å². The Balaban J connectivity index is 1.22. The van der Waals surface area contributed by atoms with E-state index in [1.807, 2.05) is 12.1 Å². The average Bonchev–Trinajstić information content (AvgIpc) is 2.96. The summed E-state index contributed by atoms with van der Waals surface area (Å²) in [5.41, 5.74) is 3.64. The largest absolute Gasteiger partial charge is 0.369 e. The number of nitrogens with zero attached hydrogens (tertiary/aromatic N) is 2. The van der Waals surface area contributed by atoms with Crippen LogP contribution in [-0.4, -0.2) is 37.1 Å². The van der Waals surface area contributed by atoms with Crippen LogP contribution in [0.25, 0.3) is 0 Å². The van der Waals surface area contributed by atoms with E-state index in [0.717, 1.165) is 44.7 Å². The standard InChI is InChI=1S/C25H31FN2O/c1-24(2)22-5-3-4-6-23(22)25(29-24)13-11-21(12-14-25)28-17-15-27(16-18-28)20-9-7-19(26)8-10-20/h3-10,21H,11-18H2,1-2H3. The number of rotatable bonds is 2. The Morgan fingerprint density at radius 3 is 2.14 bits per heavy atom. The topological polar surface area (TPSA) is 15.7 Å². The van der Waals surface area contributed by atoms with Crippen molar-refractivity contribution < 1.29 is 9.13 Å². The van der Waals surface area contributed by atoms with Crippen molar-refractivity contribution in [2.45, 2.75) is 56.8 Å². The number of benzene rings is 2. The summed E-state index contributed by atoms with van der Waals surface area (Å²) in [5.74, 6) is -0.164. The highest BCUT2D eigenvalue weighted by atomic mass is 19.1. The highest BCUT2D eigenvalue weighted by molar-refractivity contribution is 5.46. The molecule has 0 radical (unpaired) electrons. The summed E-state index contributed by atoms with van der Waals surface area (Å²) in [5, 5.41) is 0. The second-order valence-electron chi connectivity index (χ2n) is 9.38. The first-order chi connectivity index (χ1) is 14.0. The first-order valence-corrected chi connectivity index (χ1v) is 11.0. The van der Waals surface area contributed by atoms with Crippen LogP contribution in [0, 0.1) is 5.82 Å². The Labute approximate surface area is 173 Å². The fraction of sp³-hybridized carbons (Fsp3) is 0.520. The lowest BCUT2D eigenvalue weighted by atomic mass is 9.76. The third kappa shape index (κ3) is 3.36. The zero-order valence-corrected chi connectivity index (χ0v) is 17.5. The predicted molar refractivity (Wildman–Crippen MR) is 115 cm³/mol. The van der Waals surface area contributed by atoms with Crippen molar-refractivity contribution >= 4 is 5.69 Å². The molecule has 1 saturated heterocycles. The molecule has 1 aliphatic carbocycles. The molecule has 154 valence electrons. The van der Waals surface area contributed by atoms with E-state index >= 15 is 0 Å². The van der Waals surface area contributed by atoms with Gasteiger partial charge in [0.05, 0.1) is 11.2 Å². The molecule has 2 heterocycles. The summed E-state index contributed by atoms with van der Waals surface area (Å²) in [6.07, 6.45) is 4.61. The van der Waals surface area contributed by atoms with Crippen LogP contribution < -0.4 is 4.90 Å². The first-order valence-electron chi connectivity index (χ1n) is 11.0. The van der Waals surface area contributed by atoms with Crippen LogP contribution in [0.4, 0.5) is 10.1 Å². The van der Waals surface area contributed by atoms with E-state index in [-0.39, 0.29) is 17.0 Å². The van der Waals surface area contributed by atoms with Crippen LogP contribution in [0.2, 0.25) is 0 Å². The number of piperazine rings is 1. The van der Waals surface area contributed by atoms with Crippen LogP contribution in [-0.2, 0) is 15.9 Å². The van der Waals surface area contributed by atoms with Gasteiger partial charge in [-0.15, -0.1) is 0 Å². The molecule has 2 aromatic carbocycles. The van der Waals surface area contributed by atoms with E-state index < -0.39 is 0 Å². The number of halogens is 1. The smallest absolute Gasteiger partial charge is 0.123 e. The molecule has 0 bridgehead atoms. The van der Waals surface area contributed by atoms with Crippen molar-refractivity contribution in [3.05, 3.63) is 65.5 Å². The zero-order chi connectivity index (χ0) is 20.1. The van der Waals surface area contributed by atoms with Crippen LogP contribution >= 0.6 is 0 Å². The molecule has 0 amide bonds. The van der Waals surface area contributed by atoms with E-state index in [1.54, 1.807) is 12.1 Å². The van der Waals surface area contributed by atoms with Gasteiger partial charge in [0.25, 0.3) is 0 Å². The van der Waals surface area contributed by atoms with E-state index in [2.05, 4.69) is 47.9 Å². The quantitative estimate of drug-likeness (QED) is 0.709. The molecule has 2 fully saturated rings. The van der Waals surface area contributed by atoms with Gasteiger partial charge < -0.3 is 9.64 Å². The third-order valence-corrected chi connectivity index (χ3v) is 7.30. The Morgan fingerprint density at radius 1 is 0.862 bits per heavy atom. The monoisotopic (exact) mass is 394 g/mol. The molecular formula is C25H31FN2O. The van der Waals surface area contributed by atoms with Crippen molar-refractivity contribution in [2.75, 3.05) is 31.1 Å². The molecule has 0 aromatic heterocycles. The maximum absolute atomic E-state index is 13.2. The molecule has 1 saturated carbocycles. The van der Waals surface area contributed by atoms with Gasteiger partial charge in [-0.05, 0) is 74.9 Å². The zero-order valence-electron chi connectivity index (χ0n) is 17.5. The lowest BCUT2D eigenvalue weighted by Crippen LogP contribution is -2.52. The summed E-state index contributed by atoms with van der Waals surface area (Å²) in [6.45, 7) is 8.61. The number of hydrogen-bond acceptors (Lipinski definition) is 3. The number of hydrogen-bond donors (Lipinski definition) is 0. The predicted octanol–water partition coefficient (Wildman–Crippen LogP) is 5.05. The normalized spacial score (nSPS) is 29.2. The average molecular weight is 395 g/mol. The Kier molecular flexibility index (Phi) is 4.67. The van der Waals surface area contributed by atoms with Gasteiger partial charge in [0.2, 0.25) is 0 Å². The van der Waals surface area contributed by atoms with Crippen LogP contribution in [0.5, 0.6) is 0 Å². The third-order valence-electron chi connectivity index (χ3n) is 7.30. The lowest BCUT2D eigenvalue weighted by molar-refractivity contribution is -0.149. The maximum atomic E-state index is 13.2. The Hall–Kier alpha value is -1.91. The number of ether oxygens (including phenoxy) is 1. The minimum Gasteiger partial charge on any atom is -0.369 e. The van der Waals surface area contributed by atoms with Gasteiger partial charge in [-0.2, -0.15) is 0 Å². The number of fused-ring (bicyclic) bond motifs is 2. The first kappa shape index (κ1) is 19.1. The summed E-state index contributed by atoms with van der Waals surface area (Å²) in [6, 6.07) is 16.4. The van der Waals surface area contributed by atoms with Crippen LogP contribution in [0.15, 0.2) is 48.5 Å². The van der Waals surface area contributed by atoms with Gasteiger partial charge in [0.15, 0.2) is 0 Å². The van der Waals surface area contributed by atoms with Gasteiger partial charge in [0.1, 0.15) is 5.82 Å². The molecule has 0 unspecified atom stereocenters. The summed E-state index contributed by atoms with van der Waals surface area (Å²) < 4.78 is 19.9. The Bertz CT molecular complexity index is 863. The fourth-order valence-electron chi connectivity index (χ4n) is 5.81. The van der Waals surface area contributed by atoms with Crippen molar-refractivity contribution in [3.63, 3.8) is 0 Å². The second-order valence-corrected chi connectivity index (χ2v) is 9.38. The van der Waals surface area contributed by atoms with Crippen molar-refractivity contribution in [2.24, 2.45) is 0 Å². The molecule has 3 aliphatic rings. The molecular weight excluding hydrogens is 363 g/mol. The van der Waals surface area contributed by atoms with Gasteiger partial charge in [-0.25, -0.2) is 4.39 Å². The summed E-state index contributed by atoms with van der Waals surface area (Å²) in [4.78, 5) is 5.04. The maximum Gasteiger partial charge on any atom is 0.123 e. The fourth-order valence-corrected chi connectivity index (χ4v) is 5.81. The van der Waals surface area contributed by atoms with Crippen molar-refractivity contribution in [3.8, 4) is 0 Å². The molecule has 2 aliphatic heterocycles. The van der Waals surface area contributed by atoms with Gasteiger partial charge in [-0.1, -0.05) is 24.3 Å². The minimum atomic E-state index is -0.190. The molecule has 4 heteroatoms. The number of anilines is 1. The van der Waals surface area contributed by atoms with E-state index in [9.17, 15) is 4.39 Å². The molecule has 0 N–H and O–H groups in total. The van der Waals surface area contributed by atoms with Gasteiger partial charge in [0, 0.05) is 37.9 Å². The molecule has 29 heavy (non-hydrogen) atoms. The molecule has 0 atom stereocenters. The highest BCUT2D eigenvalue weighted by Crippen LogP contribution is 2.53. The van der Waals surface area contributed by atoms with Crippen molar-refractivity contribution in [1.82, 2.24) is 4.90 Å². The molecule has 2 aromatic rings. The molecule has 1 spiro atoms. The summed E-state index contributed by atoms with van der Waals surface area (Å²) in [7, 11) is 0. The molecule has 5 rings (SSSR count).